The predicted molar refractivity (Wildman–Crippen MR) is 127 cm³/mol. The standard InChI is InChI=1S/C26H28ClFN2O5/c27-16-1-8-24(23(11-16)26(33)29-10-9-20(31)14-29)34-15-25(32)30-18-4-5-19(30)13-22(12-18)35-21-6-2-17(28)3-7-21/h1-3,6-8,11,18-20,22,31H,4-5,9-10,12-15H2/t18?,19?,20-,22?/m0/s1. The molecule has 7 nitrogen and oxygen atoms in total. The normalized spacial score (nSPS) is 25.6. The van der Waals surface area contributed by atoms with E-state index in [1.165, 1.54) is 18.2 Å². The average molecular weight is 503 g/mol. The summed E-state index contributed by atoms with van der Waals surface area (Å²) in [6.45, 7) is 0.548. The molecule has 2 aromatic carbocycles. The molecule has 2 unspecified atom stereocenters. The van der Waals surface area contributed by atoms with Gasteiger partial charge in [-0.3, -0.25) is 9.59 Å². The largest absolute Gasteiger partial charge is 0.490 e. The Morgan fingerprint density at radius 3 is 2.43 bits per heavy atom. The molecule has 2 aromatic rings. The van der Waals surface area contributed by atoms with E-state index in [0.29, 0.717) is 42.3 Å². The highest BCUT2D eigenvalue weighted by Crippen LogP contribution is 2.37. The molecule has 3 heterocycles. The number of amides is 2. The maximum Gasteiger partial charge on any atom is 0.261 e. The Hall–Kier alpha value is -2.84. The van der Waals surface area contributed by atoms with E-state index in [1.807, 2.05) is 4.90 Å². The molecule has 0 aromatic heterocycles. The molecule has 3 saturated heterocycles. The summed E-state index contributed by atoms with van der Waals surface area (Å²) in [6, 6.07) is 10.9. The summed E-state index contributed by atoms with van der Waals surface area (Å²) in [7, 11) is 0. The highest BCUT2D eigenvalue weighted by atomic mass is 35.5. The third-order valence-corrected chi connectivity index (χ3v) is 7.30. The van der Waals surface area contributed by atoms with Crippen molar-refractivity contribution in [2.24, 2.45) is 0 Å². The van der Waals surface area contributed by atoms with E-state index in [1.54, 1.807) is 29.2 Å². The molecule has 3 aliphatic heterocycles. The van der Waals surface area contributed by atoms with Crippen LogP contribution in [0, 0.1) is 5.82 Å². The molecule has 9 heteroatoms. The maximum atomic E-state index is 13.2. The van der Waals surface area contributed by atoms with Crippen molar-refractivity contribution < 1.29 is 28.6 Å². The number of rotatable bonds is 6. The Morgan fingerprint density at radius 2 is 1.77 bits per heavy atom. The fraction of sp³-hybridized carbons (Fsp3) is 0.462. The number of carbonyl (C=O) groups excluding carboxylic acids is 2. The summed E-state index contributed by atoms with van der Waals surface area (Å²) in [5, 5.41) is 10.2. The van der Waals surface area contributed by atoms with Crippen LogP contribution in [0.4, 0.5) is 4.39 Å². The quantitative estimate of drug-likeness (QED) is 0.652. The van der Waals surface area contributed by atoms with E-state index in [0.717, 1.165) is 12.8 Å². The Bertz CT molecular complexity index is 1080. The van der Waals surface area contributed by atoms with Crippen LogP contribution in [0.3, 0.4) is 0 Å². The molecule has 0 aliphatic carbocycles. The summed E-state index contributed by atoms with van der Waals surface area (Å²) >= 11 is 6.13. The van der Waals surface area contributed by atoms with Crippen molar-refractivity contribution in [2.45, 2.75) is 56.4 Å². The Kier molecular flexibility index (Phi) is 6.84. The third-order valence-electron chi connectivity index (χ3n) is 7.07. The number of fused-ring (bicyclic) bond motifs is 2. The van der Waals surface area contributed by atoms with Crippen LogP contribution in [0.15, 0.2) is 42.5 Å². The van der Waals surface area contributed by atoms with Gasteiger partial charge in [-0.25, -0.2) is 4.39 Å². The van der Waals surface area contributed by atoms with Crippen molar-refractivity contribution in [2.75, 3.05) is 19.7 Å². The molecule has 0 saturated carbocycles. The molecule has 186 valence electrons. The van der Waals surface area contributed by atoms with Gasteiger partial charge in [-0.15, -0.1) is 0 Å². The van der Waals surface area contributed by atoms with Gasteiger partial charge in [-0.05, 0) is 61.7 Å². The maximum absolute atomic E-state index is 13.2. The molecule has 1 N–H and O–H groups in total. The van der Waals surface area contributed by atoms with Crippen LogP contribution in [0.25, 0.3) is 0 Å². The summed E-state index contributed by atoms with van der Waals surface area (Å²) in [5.41, 5.74) is 0.286. The first-order valence-corrected chi connectivity index (χ1v) is 12.4. The molecular weight excluding hydrogens is 475 g/mol. The smallest absolute Gasteiger partial charge is 0.261 e. The zero-order valence-corrected chi connectivity index (χ0v) is 20.0. The number of β-amino-alcohol motifs (C(OH)–C–C–N with tert-alkyl or cyclic N) is 1. The number of hydrogen-bond donors (Lipinski definition) is 1. The number of carbonyl (C=O) groups is 2. The Morgan fingerprint density at radius 1 is 1.06 bits per heavy atom. The zero-order chi connectivity index (χ0) is 24.5. The lowest BCUT2D eigenvalue weighted by atomic mass is 9.99. The molecule has 3 atom stereocenters. The van der Waals surface area contributed by atoms with Crippen LogP contribution in [0.1, 0.15) is 42.5 Å². The van der Waals surface area contributed by atoms with Crippen LogP contribution in [-0.4, -0.2) is 70.7 Å². The van der Waals surface area contributed by atoms with Gasteiger partial charge in [0, 0.05) is 43.0 Å². The van der Waals surface area contributed by atoms with Crippen molar-refractivity contribution in [3.05, 3.63) is 58.9 Å². The van der Waals surface area contributed by atoms with Crippen molar-refractivity contribution in [1.82, 2.24) is 9.80 Å². The highest BCUT2D eigenvalue weighted by Gasteiger charge is 2.44. The summed E-state index contributed by atoms with van der Waals surface area (Å²) in [5.74, 6) is 0.231. The Labute approximate surface area is 208 Å². The lowest BCUT2D eigenvalue weighted by Gasteiger charge is -2.38. The first kappa shape index (κ1) is 23.9. The second kappa shape index (κ2) is 10.0. The number of nitrogens with zero attached hydrogens (tertiary/aromatic N) is 2. The third kappa shape index (κ3) is 5.23. The fourth-order valence-corrected chi connectivity index (χ4v) is 5.61. The highest BCUT2D eigenvalue weighted by molar-refractivity contribution is 6.31. The number of ether oxygens (including phenoxy) is 2. The van der Waals surface area contributed by atoms with Gasteiger partial charge >= 0.3 is 0 Å². The molecule has 2 amide bonds. The SMILES string of the molecule is O=C(c1cc(Cl)ccc1OCC(=O)N1C2CCC1CC(Oc1ccc(F)cc1)C2)N1CC[C@H](O)C1. The van der Waals surface area contributed by atoms with Gasteiger partial charge in [0.2, 0.25) is 0 Å². The number of aliphatic hydroxyl groups excluding tert-OH is 1. The van der Waals surface area contributed by atoms with Gasteiger partial charge in [-0.2, -0.15) is 0 Å². The van der Waals surface area contributed by atoms with Crippen LogP contribution in [0.5, 0.6) is 11.5 Å². The predicted octanol–water partition coefficient (Wildman–Crippen LogP) is 3.67. The molecule has 2 bridgehead atoms. The zero-order valence-electron chi connectivity index (χ0n) is 19.2. The van der Waals surface area contributed by atoms with Gasteiger partial charge in [0.1, 0.15) is 23.4 Å². The minimum atomic E-state index is -0.533. The molecule has 0 radical (unpaired) electrons. The van der Waals surface area contributed by atoms with Crippen molar-refractivity contribution >= 4 is 23.4 Å². The molecular formula is C26H28ClFN2O5. The lowest BCUT2D eigenvalue weighted by Crippen LogP contribution is -2.50. The molecule has 35 heavy (non-hydrogen) atoms. The molecule has 3 fully saturated rings. The minimum absolute atomic E-state index is 0.0285. The van der Waals surface area contributed by atoms with Gasteiger partial charge in [-0.1, -0.05) is 11.6 Å². The van der Waals surface area contributed by atoms with Crippen molar-refractivity contribution in [3.63, 3.8) is 0 Å². The monoisotopic (exact) mass is 502 g/mol. The van der Waals surface area contributed by atoms with Gasteiger partial charge in [0.05, 0.1) is 11.7 Å². The summed E-state index contributed by atoms with van der Waals surface area (Å²) < 4.78 is 25.1. The first-order valence-electron chi connectivity index (χ1n) is 12.0. The lowest BCUT2D eigenvalue weighted by molar-refractivity contribution is -0.139. The first-order chi connectivity index (χ1) is 16.9. The number of halogens is 2. The number of aliphatic hydroxyl groups is 1. The van der Waals surface area contributed by atoms with E-state index in [-0.39, 0.29) is 54.5 Å². The average Bonchev–Trinajstić information content (AvgIpc) is 3.39. The van der Waals surface area contributed by atoms with E-state index < -0.39 is 6.10 Å². The molecule has 3 aliphatic rings. The van der Waals surface area contributed by atoms with Crippen LogP contribution < -0.4 is 9.47 Å². The fourth-order valence-electron chi connectivity index (χ4n) is 5.44. The van der Waals surface area contributed by atoms with Crippen molar-refractivity contribution in [3.8, 4) is 11.5 Å². The number of hydrogen-bond acceptors (Lipinski definition) is 5. The second-order valence-corrected chi connectivity index (χ2v) is 9.91. The van der Waals surface area contributed by atoms with E-state index >= 15 is 0 Å². The summed E-state index contributed by atoms with van der Waals surface area (Å²) in [6.07, 6.45) is 3.20. The van der Waals surface area contributed by atoms with Crippen LogP contribution in [-0.2, 0) is 4.79 Å². The van der Waals surface area contributed by atoms with Gasteiger partial charge in [0.15, 0.2) is 6.61 Å². The van der Waals surface area contributed by atoms with Crippen molar-refractivity contribution in [1.29, 1.82) is 0 Å². The number of likely N-dealkylation sites (tertiary alicyclic amines) is 1. The number of benzene rings is 2. The topological polar surface area (TPSA) is 79.3 Å². The van der Waals surface area contributed by atoms with Gasteiger partial charge in [0.25, 0.3) is 11.8 Å². The van der Waals surface area contributed by atoms with Gasteiger partial charge < -0.3 is 24.4 Å². The molecule has 0 spiro atoms. The van der Waals surface area contributed by atoms with E-state index in [9.17, 15) is 19.1 Å². The minimum Gasteiger partial charge on any atom is -0.490 e. The summed E-state index contributed by atoms with van der Waals surface area (Å²) in [4.78, 5) is 29.6. The second-order valence-electron chi connectivity index (χ2n) is 9.47. The van der Waals surface area contributed by atoms with E-state index in [4.69, 9.17) is 21.1 Å². The molecule has 5 rings (SSSR count). The van der Waals surface area contributed by atoms with E-state index in [2.05, 4.69) is 0 Å². The van der Waals surface area contributed by atoms with Crippen LogP contribution >= 0.6 is 11.6 Å². The number of piperidine rings is 1. The Balaban J connectivity index is 1.21. The van der Waals surface area contributed by atoms with Crippen LogP contribution in [0.2, 0.25) is 5.02 Å².